The maximum absolute atomic E-state index is 10.6. The van der Waals surface area contributed by atoms with Crippen LogP contribution in [0.15, 0.2) is 0 Å². The lowest BCUT2D eigenvalue weighted by atomic mass is 9.93. The molecule has 0 aromatic carbocycles. The second kappa shape index (κ2) is 23.6. The first-order valence-electron chi connectivity index (χ1n) is 11.7. The Morgan fingerprint density at radius 1 is 0.586 bits per heavy atom. The molecule has 1 amide bonds. The predicted molar refractivity (Wildman–Crippen MR) is 120 cm³/mol. The number of hydrogen-bond acceptors (Lipinski definition) is 5. The molecule has 0 saturated carbocycles. The molecule has 6 N–H and O–H groups in total. The van der Waals surface area contributed by atoms with E-state index in [4.69, 9.17) is 26.2 Å². The molecule has 0 atom stereocenters. The van der Waals surface area contributed by atoms with Gasteiger partial charge in [-0.1, -0.05) is 96.8 Å². The highest BCUT2D eigenvalue weighted by Gasteiger charge is 2.26. The van der Waals surface area contributed by atoms with Gasteiger partial charge in [-0.15, -0.1) is 0 Å². The number of amides is 1. The van der Waals surface area contributed by atoms with Crippen LogP contribution in [-0.4, -0.2) is 52.8 Å². The standard InChI is InChI=1S/C18H37NO.C5H12O4/c1-2-3-4-5-6-7-8-9-10-11-12-13-14-15-16-17-18(19)20;6-1-5(2-7,3-8)4-9/h2-17H2,1H3,(H2,19,20);6-9H,1-4H2. The molecule has 0 saturated heterocycles. The minimum Gasteiger partial charge on any atom is -0.396 e. The molecule has 0 aliphatic rings. The third-order valence-electron chi connectivity index (χ3n) is 5.37. The van der Waals surface area contributed by atoms with Gasteiger partial charge in [0.2, 0.25) is 5.91 Å². The van der Waals surface area contributed by atoms with Crippen LogP contribution in [-0.2, 0) is 4.79 Å². The van der Waals surface area contributed by atoms with Gasteiger partial charge in [-0.25, -0.2) is 0 Å². The zero-order chi connectivity index (χ0) is 22.2. The van der Waals surface area contributed by atoms with Gasteiger partial charge in [-0.05, 0) is 6.42 Å². The van der Waals surface area contributed by atoms with Crippen LogP contribution in [0.25, 0.3) is 0 Å². The van der Waals surface area contributed by atoms with Gasteiger partial charge in [0.15, 0.2) is 0 Å². The fraction of sp³-hybridized carbons (Fsp3) is 0.957. The Balaban J connectivity index is 0. The Hall–Kier alpha value is -0.690. The molecule has 0 aromatic heterocycles. The van der Waals surface area contributed by atoms with Gasteiger partial charge in [0.25, 0.3) is 0 Å². The largest absolute Gasteiger partial charge is 0.396 e. The fourth-order valence-electron chi connectivity index (χ4n) is 2.97. The van der Waals surface area contributed by atoms with Crippen molar-refractivity contribution in [2.75, 3.05) is 26.4 Å². The van der Waals surface area contributed by atoms with Crippen molar-refractivity contribution in [1.29, 1.82) is 0 Å². The summed E-state index contributed by atoms with van der Waals surface area (Å²) in [6, 6.07) is 0. The summed E-state index contributed by atoms with van der Waals surface area (Å²) < 4.78 is 0. The van der Waals surface area contributed by atoms with E-state index in [1.54, 1.807) is 0 Å². The lowest BCUT2D eigenvalue weighted by Gasteiger charge is -2.23. The first-order valence-corrected chi connectivity index (χ1v) is 11.7. The minimum atomic E-state index is -1.11. The average Bonchev–Trinajstić information content (AvgIpc) is 2.73. The molecule has 29 heavy (non-hydrogen) atoms. The molecule has 0 heterocycles. The van der Waals surface area contributed by atoms with Crippen molar-refractivity contribution in [3.8, 4) is 0 Å². The lowest BCUT2D eigenvalue weighted by molar-refractivity contribution is -0.118. The Bertz CT molecular complexity index is 318. The number of aliphatic hydroxyl groups is 4. The van der Waals surface area contributed by atoms with E-state index < -0.39 is 31.8 Å². The Kier molecular flexibility index (Phi) is 24.8. The Morgan fingerprint density at radius 2 is 0.862 bits per heavy atom. The molecule has 0 rings (SSSR count). The van der Waals surface area contributed by atoms with Crippen molar-refractivity contribution < 1.29 is 25.2 Å². The van der Waals surface area contributed by atoms with Crippen LogP contribution in [0.3, 0.4) is 0 Å². The van der Waals surface area contributed by atoms with Crippen LogP contribution in [0, 0.1) is 5.41 Å². The van der Waals surface area contributed by atoms with Crippen molar-refractivity contribution in [2.24, 2.45) is 11.1 Å². The van der Waals surface area contributed by atoms with Gasteiger partial charge in [-0.3, -0.25) is 4.79 Å². The summed E-state index contributed by atoms with van der Waals surface area (Å²) in [7, 11) is 0. The van der Waals surface area contributed by atoms with Gasteiger partial charge < -0.3 is 26.2 Å². The van der Waals surface area contributed by atoms with E-state index in [1.807, 2.05) is 0 Å². The summed E-state index contributed by atoms with van der Waals surface area (Å²) in [6.07, 6.45) is 20.9. The van der Waals surface area contributed by atoms with Gasteiger partial charge in [-0.2, -0.15) is 0 Å². The number of nitrogens with two attached hydrogens (primary N) is 1. The van der Waals surface area contributed by atoms with E-state index in [2.05, 4.69) is 6.92 Å². The zero-order valence-electron chi connectivity index (χ0n) is 18.9. The van der Waals surface area contributed by atoms with Gasteiger partial charge in [0.05, 0.1) is 31.8 Å². The zero-order valence-corrected chi connectivity index (χ0v) is 18.9. The Labute approximate surface area is 178 Å². The van der Waals surface area contributed by atoms with Gasteiger partial charge in [0, 0.05) is 6.42 Å². The van der Waals surface area contributed by atoms with Gasteiger partial charge >= 0.3 is 0 Å². The van der Waals surface area contributed by atoms with Crippen LogP contribution < -0.4 is 5.73 Å². The quantitative estimate of drug-likeness (QED) is 0.193. The summed E-state index contributed by atoms with van der Waals surface area (Å²) in [4.78, 5) is 10.6. The summed E-state index contributed by atoms with van der Waals surface area (Å²) in [5.74, 6) is -0.153. The number of carbonyl (C=O) groups excluding carboxylic acids is 1. The normalized spacial score (nSPS) is 11.2. The molecular formula is C23H49NO5. The van der Waals surface area contributed by atoms with Crippen molar-refractivity contribution in [3.63, 3.8) is 0 Å². The molecule has 0 spiro atoms. The minimum absolute atomic E-state index is 0.153. The molecule has 6 heteroatoms. The average molecular weight is 420 g/mol. The number of unbranched alkanes of at least 4 members (excludes halogenated alkanes) is 14. The smallest absolute Gasteiger partial charge is 0.217 e. The number of rotatable bonds is 20. The molecule has 0 unspecified atom stereocenters. The molecule has 0 bridgehead atoms. The monoisotopic (exact) mass is 419 g/mol. The second-order valence-corrected chi connectivity index (χ2v) is 8.30. The van der Waals surface area contributed by atoms with E-state index >= 15 is 0 Å². The molecule has 0 radical (unpaired) electrons. The van der Waals surface area contributed by atoms with E-state index in [-0.39, 0.29) is 5.91 Å². The maximum atomic E-state index is 10.6. The first-order chi connectivity index (χ1) is 14.0. The fourth-order valence-corrected chi connectivity index (χ4v) is 2.97. The van der Waals surface area contributed by atoms with E-state index in [1.165, 1.54) is 89.9 Å². The molecule has 0 fully saturated rings. The molecule has 0 aliphatic carbocycles. The van der Waals surface area contributed by atoms with Crippen LogP contribution in [0.1, 0.15) is 110 Å². The molecule has 176 valence electrons. The molecular weight excluding hydrogens is 370 g/mol. The number of primary amides is 1. The van der Waals surface area contributed by atoms with E-state index in [0.29, 0.717) is 6.42 Å². The summed E-state index contributed by atoms with van der Waals surface area (Å²) in [5, 5.41) is 34.0. The molecule has 6 nitrogen and oxygen atoms in total. The summed E-state index contributed by atoms with van der Waals surface area (Å²) in [6.45, 7) is 0.651. The Morgan fingerprint density at radius 3 is 1.07 bits per heavy atom. The van der Waals surface area contributed by atoms with E-state index in [0.717, 1.165) is 6.42 Å². The number of aliphatic hydroxyl groups excluding tert-OH is 4. The van der Waals surface area contributed by atoms with Crippen LogP contribution in [0.2, 0.25) is 0 Å². The predicted octanol–water partition coefficient (Wildman–Crippen LogP) is 3.68. The van der Waals surface area contributed by atoms with Crippen LogP contribution in [0.4, 0.5) is 0 Å². The van der Waals surface area contributed by atoms with Crippen molar-refractivity contribution >= 4 is 5.91 Å². The highest BCUT2D eigenvalue weighted by molar-refractivity contribution is 5.73. The summed E-state index contributed by atoms with van der Waals surface area (Å²) >= 11 is 0. The number of carbonyl (C=O) groups is 1. The maximum Gasteiger partial charge on any atom is 0.217 e. The number of hydrogen-bond donors (Lipinski definition) is 5. The van der Waals surface area contributed by atoms with Crippen molar-refractivity contribution in [3.05, 3.63) is 0 Å². The van der Waals surface area contributed by atoms with E-state index in [9.17, 15) is 4.79 Å². The van der Waals surface area contributed by atoms with Crippen molar-refractivity contribution in [1.82, 2.24) is 0 Å². The second-order valence-electron chi connectivity index (χ2n) is 8.30. The van der Waals surface area contributed by atoms with Gasteiger partial charge in [0.1, 0.15) is 0 Å². The SMILES string of the molecule is CCCCCCCCCCCCCCCCCC(N)=O.OCC(CO)(CO)CO. The highest BCUT2D eigenvalue weighted by Crippen LogP contribution is 2.14. The lowest BCUT2D eigenvalue weighted by Crippen LogP contribution is -2.37. The highest BCUT2D eigenvalue weighted by atomic mass is 16.3. The summed E-state index contributed by atoms with van der Waals surface area (Å²) in [5.41, 5.74) is 4.00. The topological polar surface area (TPSA) is 124 Å². The molecule has 0 aromatic rings. The third kappa shape index (κ3) is 21.8. The third-order valence-corrected chi connectivity index (χ3v) is 5.37. The van der Waals surface area contributed by atoms with Crippen molar-refractivity contribution in [2.45, 2.75) is 110 Å². The van der Waals surface area contributed by atoms with Crippen LogP contribution in [0.5, 0.6) is 0 Å². The van der Waals surface area contributed by atoms with Crippen LogP contribution >= 0.6 is 0 Å². The first kappa shape index (κ1) is 30.5. The molecule has 0 aliphatic heterocycles.